The van der Waals surface area contributed by atoms with Crippen LogP contribution in [0.15, 0.2) is 11.0 Å². The lowest BCUT2D eigenvalue weighted by Gasteiger charge is -2.03. The van der Waals surface area contributed by atoms with E-state index in [1.54, 1.807) is 24.9 Å². The van der Waals surface area contributed by atoms with Crippen molar-refractivity contribution in [3.8, 4) is 17.3 Å². The fourth-order valence-corrected chi connectivity index (χ4v) is 1.66. The van der Waals surface area contributed by atoms with Gasteiger partial charge in [0.1, 0.15) is 5.82 Å². The summed E-state index contributed by atoms with van der Waals surface area (Å²) in [6, 6.07) is 0. The van der Waals surface area contributed by atoms with Gasteiger partial charge in [0, 0.05) is 12.7 Å². The van der Waals surface area contributed by atoms with Crippen molar-refractivity contribution in [3.63, 3.8) is 0 Å². The molecular weight excluding hydrogens is 220 g/mol. The summed E-state index contributed by atoms with van der Waals surface area (Å²) in [4.78, 5) is 18.4. The van der Waals surface area contributed by atoms with Crippen LogP contribution in [0, 0.1) is 6.92 Å². The van der Waals surface area contributed by atoms with Crippen molar-refractivity contribution in [1.82, 2.24) is 19.7 Å². The molecule has 2 aromatic rings. The van der Waals surface area contributed by atoms with Crippen molar-refractivity contribution in [1.29, 1.82) is 0 Å². The van der Waals surface area contributed by atoms with Gasteiger partial charge in [-0.05, 0) is 13.3 Å². The molecule has 2 heterocycles. The summed E-state index contributed by atoms with van der Waals surface area (Å²) in [5.41, 5.74) is 1.58. The summed E-state index contributed by atoms with van der Waals surface area (Å²) in [5, 5.41) is 13.7. The van der Waals surface area contributed by atoms with Crippen LogP contribution in [0.3, 0.4) is 0 Å². The quantitative estimate of drug-likeness (QED) is 0.803. The maximum Gasteiger partial charge on any atom is 0.258 e. The second-order valence-corrected chi connectivity index (χ2v) is 3.84. The summed E-state index contributed by atoms with van der Waals surface area (Å²) in [5.74, 6) is 0.129. The smallest absolute Gasteiger partial charge is 0.258 e. The van der Waals surface area contributed by atoms with E-state index in [0.717, 1.165) is 5.69 Å². The Morgan fingerprint density at radius 1 is 1.53 bits per heavy atom. The van der Waals surface area contributed by atoms with Gasteiger partial charge < -0.3 is 10.1 Å². The average molecular weight is 234 g/mol. The van der Waals surface area contributed by atoms with Crippen molar-refractivity contribution in [2.45, 2.75) is 20.3 Å². The highest BCUT2D eigenvalue weighted by molar-refractivity contribution is 5.57. The maximum atomic E-state index is 11.7. The number of nitrogens with one attached hydrogen (secondary N) is 1. The third-order valence-electron chi connectivity index (χ3n) is 2.84. The van der Waals surface area contributed by atoms with Gasteiger partial charge in [-0.3, -0.25) is 9.48 Å². The van der Waals surface area contributed by atoms with E-state index in [1.807, 2.05) is 6.92 Å². The third kappa shape index (κ3) is 1.82. The highest BCUT2D eigenvalue weighted by Crippen LogP contribution is 2.20. The van der Waals surface area contributed by atoms with Gasteiger partial charge in [-0.15, -0.1) is 0 Å². The van der Waals surface area contributed by atoms with Crippen LogP contribution >= 0.6 is 0 Å². The first kappa shape index (κ1) is 11.4. The van der Waals surface area contributed by atoms with Gasteiger partial charge in [0.15, 0.2) is 0 Å². The van der Waals surface area contributed by atoms with Crippen LogP contribution in [0.5, 0.6) is 5.88 Å². The van der Waals surface area contributed by atoms with Crippen molar-refractivity contribution < 1.29 is 5.11 Å². The molecule has 0 fully saturated rings. The minimum Gasteiger partial charge on any atom is -0.493 e. The molecular formula is C11H14N4O2. The van der Waals surface area contributed by atoms with Crippen molar-refractivity contribution in [2.75, 3.05) is 0 Å². The highest BCUT2D eigenvalue weighted by Gasteiger charge is 2.13. The molecule has 0 aromatic carbocycles. The molecule has 0 saturated heterocycles. The topological polar surface area (TPSA) is 83.8 Å². The molecule has 0 radical (unpaired) electrons. The fourth-order valence-electron chi connectivity index (χ4n) is 1.66. The van der Waals surface area contributed by atoms with Crippen LogP contribution in [0.25, 0.3) is 11.4 Å². The van der Waals surface area contributed by atoms with Crippen LogP contribution in [0.2, 0.25) is 0 Å². The summed E-state index contributed by atoms with van der Waals surface area (Å²) >= 11 is 0. The number of aromatic nitrogens is 4. The Morgan fingerprint density at radius 2 is 2.24 bits per heavy atom. The Hall–Kier alpha value is -2.11. The summed E-state index contributed by atoms with van der Waals surface area (Å²) in [7, 11) is 1.80. The molecule has 6 heteroatoms. The Balaban J connectivity index is 2.62. The Morgan fingerprint density at radius 3 is 2.71 bits per heavy atom. The molecule has 2 N–H and O–H groups in total. The molecule has 0 aliphatic carbocycles. The predicted molar refractivity (Wildman–Crippen MR) is 62.8 cm³/mol. The minimum atomic E-state index is -0.307. The van der Waals surface area contributed by atoms with E-state index >= 15 is 0 Å². The first-order valence-corrected chi connectivity index (χ1v) is 5.35. The molecule has 0 atom stereocenters. The first-order chi connectivity index (χ1) is 8.04. The summed E-state index contributed by atoms with van der Waals surface area (Å²) in [6.07, 6.45) is 2.05. The Kier molecular flexibility index (Phi) is 2.71. The van der Waals surface area contributed by atoms with Crippen LogP contribution in [-0.4, -0.2) is 24.9 Å². The number of aromatic amines is 1. The van der Waals surface area contributed by atoms with E-state index in [2.05, 4.69) is 15.1 Å². The van der Waals surface area contributed by atoms with Crippen LogP contribution < -0.4 is 5.56 Å². The van der Waals surface area contributed by atoms with Gasteiger partial charge in [-0.25, -0.2) is 0 Å². The SMILES string of the molecule is CCc1c(O)nc(-c2cnn(C)c2C)[nH]c1=O. The van der Waals surface area contributed by atoms with Crippen molar-refractivity contribution >= 4 is 0 Å². The molecule has 6 nitrogen and oxygen atoms in total. The molecule has 0 spiro atoms. The Bertz CT molecular complexity index is 612. The normalized spacial score (nSPS) is 10.8. The zero-order valence-electron chi connectivity index (χ0n) is 9.98. The third-order valence-corrected chi connectivity index (χ3v) is 2.84. The fraction of sp³-hybridized carbons (Fsp3) is 0.364. The predicted octanol–water partition coefficient (Wildman–Crippen LogP) is 0.747. The first-order valence-electron chi connectivity index (χ1n) is 5.35. The molecule has 0 bridgehead atoms. The van der Waals surface area contributed by atoms with Gasteiger partial charge in [-0.2, -0.15) is 10.1 Å². The van der Waals surface area contributed by atoms with Crippen molar-refractivity contribution in [3.05, 3.63) is 27.8 Å². The standard InChI is InChI=1S/C11H14N4O2/c1-4-7-10(16)13-9(14-11(7)17)8-5-12-15(3)6(8)2/h5H,4H2,1-3H3,(H2,13,14,16,17). The number of H-pyrrole nitrogens is 1. The zero-order valence-corrected chi connectivity index (χ0v) is 9.98. The molecule has 0 saturated carbocycles. The number of rotatable bonds is 2. The summed E-state index contributed by atoms with van der Waals surface area (Å²) in [6.45, 7) is 3.66. The van der Waals surface area contributed by atoms with Crippen LogP contribution in [0.4, 0.5) is 0 Å². The van der Waals surface area contributed by atoms with E-state index < -0.39 is 0 Å². The maximum absolute atomic E-state index is 11.7. The lowest BCUT2D eigenvalue weighted by atomic mass is 10.2. The van der Waals surface area contributed by atoms with Crippen LogP contribution in [-0.2, 0) is 13.5 Å². The number of hydrogen-bond donors (Lipinski definition) is 2. The summed E-state index contributed by atoms with van der Waals surface area (Å²) < 4.78 is 1.68. The molecule has 0 unspecified atom stereocenters. The monoisotopic (exact) mass is 234 g/mol. The number of aryl methyl sites for hydroxylation is 1. The molecule has 0 amide bonds. The molecule has 0 aliphatic rings. The zero-order chi connectivity index (χ0) is 12.6. The Labute approximate surface area is 98.0 Å². The molecule has 90 valence electrons. The average Bonchev–Trinajstić information content (AvgIpc) is 2.59. The number of hydrogen-bond acceptors (Lipinski definition) is 4. The van der Waals surface area contributed by atoms with Gasteiger partial charge >= 0.3 is 0 Å². The second-order valence-electron chi connectivity index (χ2n) is 3.84. The molecule has 17 heavy (non-hydrogen) atoms. The van der Waals surface area contributed by atoms with E-state index in [-0.39, 0.29) is 11.4 Å². The second kappa shape index (κ2) is 4.04. The van der Waals surface area contributed by atoms with E-state index in [9.17, 15) is 9.90 Å². The van der Waals surface area contributed by atoms with Gasteiger partial charge in [-0.1, -0.05) is 6.92 Å². The van der Waals surface area contributed by atoms with Gasteiger partial charge in [0.05, 0.1) is 17.3 Å². The lowest BCUT2D eigenvalue weighted by molar-refractivity contribution is 0.444. The number of aromatic hydroxyl groups is 1. The molecule has 0 aliphatic heterocycles. The van der Waals surface area contributed by atoms with Crippen molar-refractivity contribution in [2.24, 2.45) is 7.05 Å². The highest BCUT2D eigenvalue weighted by atomic mass is 16.3. The minimum absolute atomic E-state index is 0.213. The van der Waals surface area contributed by atoms with E-state index in [4.69, 9.17) is 0 Å². The largest absolute Gasteiger partial charge is 0.493 e. The van der Waals surface area contributed by atoms with E-state index in [0.29, 0.717) is 23.4 Å². The number of nitrogens with zero attached hydrogens (tertiary/aromatic N) is 3. The van der Waals surface area contributed by atoms with E-state index in [1.165, 1.54) is 0 Å². The van der Waals surface area contributed by atoms with Gasteiger partial charge in [0.25, 0.3) is 5.56 Å². The van der Waals surface area contributed by atoms with Crippen LogP contribution in [0.1, 0.15) is 18.2 Å². The molecule has 2 aromatic heterocycles. The van der Waals surface area contributed by atoms with Gasteiger partial charge in [0.2, 0.25) is 5.88 Å². The lowest BCUT2D eigenvalue weighted by Crippen LogP contribution is -2.14. The molecule has 2 rings (SSSR count).